The lowest BCUT2D eigenvalue weighted by Crippen LogP contribution is -2.19. The highest BCUT2D eigenvalue weighted by Crippen LogP contribution is 2.35. The monoisotopic (exact) mass is 485 g/mol. The van der Waals surface area contributed by atoms with Gasteiger partial charge in [-0.25, -0.2) is 9.78 Å². The summed E-state index contributed by atoms with van der Waals surface area (Å²) < 4.78 is 17.8. The van der Waals surface area contributed by atoms with Gasteiger partial charge in [-0.05, 0) is 55.2 Å². The van der Waals surface area contributed by atoms with E-state index < -0.39 is 12.1 Å². The molecule has 3 aromatic rings. The average molecular weight is 486 g/mol. The Morgan fingerprint density at radius 3 is 2.18 bits per heavy atom. The molecule has 1 atom stereocenters. The van der Waals surface area contributed by atoms with Crippen LogP contribution in [-0.4, -0.2) is 22.7 Å². The second-order valence-electron chi connectivity index (χ2n) is 8.29. The van der Waals surface area contributed by atoms with Crippen LogP contribution in [0.15, 0.2) is 40.8 Å². The fraction of sp³-hybridized carbons (Fsp3) is 0.407. The van der Waals surface area contributed by atoms with Crippen molar-refractivity contribution in [1.82, 2.24) is 4.98 Å². The van der Waals surface area contributed by atoms with Crippen LogP contribution in [0.5, 0.6) is 11.5 Å². The van der Waals surface area contributed by atoms with Crippen LogP contribution in [0.25, 0.3) is 0 Å². The van der Waals surface area contributed by atoms with E-state index in [1.807, 2.05) is 26.0 Å². The number of rotatable bonds is 12. The molecule has 1 heterocycles. The van der Waals surface area contributed by atoms with E-state index >= 15 is 0 Å². The number of halogens is 1. The van der Waals surface area contributed by atoms with E-state index in [2.05, 4.69) is 18.8 Å². The smallest absolute Gasteiger partial charge is 0.349 e. The second kappa shape index (κ2) is 11.9. The van der Waals surface area contributed by atoms with E-state index in [9.17, 15) is 9.90 Å². The molecule has 0 saturated carbocycles. The number of ether oxygens (including phenoxy) is 2. The number of carboxylic acids is 1. The van der Waals surface area contributed by atoms with E-state index in [1.54, 1.807) is 24.3 Å². The molecular weight excluding hydrogens is 454 g/mol. The first kappa shape index (κ1) is 25.6. The number of benzene rings is 2. The highest BCUT2D eigenvalue weighted by molar-refractivity contribution is 6.30. The van der Waals surface area contributed by atoms with Gasteiger partial charge in [-0.2, -0.15) is 0 Å². The molecule has 0 fully saturated rings. The SMILES string of the molecule is CCCc1cc(OCCc2nc(C)oc2C)cc(CCC)c1OC(C(=O)O)c1ccc(Cl)cc1. The van der Waals surface area contributed by atoms with Gasteiger partial charge in [0.1, 0.15) is 17.3 Å². The highest BCUT2D eigenvalue weighted by atomic mass is 35.5. The molecular formula is C27H32ClNO5. The van der Waals surface area contributed by atoms with Crippen molar-refractivity contribution < 1.29 is 23.8 Å². The summed E-state index contributed by atoms with van der Waals surface area (Å²) in [5.41, 5.74) is 3.32. The number of hydrogen-bond acceptors (Lipinski definition) is 5. The van der Waals surface area contributed by atoms with Crippen LogP contribution < -0.4 is 9.47 Å². The fourth-order valence-electron chi connectivity index (χ4n) is 3.95. The van der Waals surface area contributed by atoms with Crippen LogP contribution >= 0.6 is 11.6 Å². The fourth-order valence-corrected chi connectivity index (χ4v) is 4.08. The Morgan fingerprint density at radius 1 is 1.06 bits per heavy atom. The summed E-state index contributed by atoms with van der Waals surface area (Å²) in [6, 6.07) is 10.6. The summed E-state index contributed by atoms with van der Waals surface area (Å²) in [4.78, 5) is 16.5. The molecule has 0 aliphatic rings. The lowest BCUT2D eigenvalue weighted by atomic mass is 10.0. The predicted octanol–water partition coefficient (Wildman–Crippen LogP) is 6.68. The third-order valence-corrected chi connectivity index (χ3v) is 5.75. The van der Waals surface area contributed by atoms with Crippen LogP contribution in [0.4, 0.5) is 0 Å². The molecule has 0 saturated heterocycles. The van der Waals surface area contributed by atoms with Gasteiger partial charge in [0.15, 0.2) is 5.89 Å². The zero-order chi connectivity index (χ0) is 24.7. The first-order valence-corrected chi connectivity index (χ1v) is 12.1. The second-order valence-corrected chi connectivity index (χ2v) is 8.73. The molecule has 3 rings (SSSR count). The van der Waals surface area contributed by atoms with Crippen molar-refractivity contribution in [3.63, 3.8) is 0 Å². The van der Waals surface area contributed by atoms with Gasteiger partial charge in [-0.3, -0.25) is 0 Å². The Bertz CT molecular complexity index is 1080. The summed E-state index contributed by atoms with van der Waals surface area (Å²) >= 11 is 5.99. The van der Waals surface area contributed by atoms with Gasteiger partial charge in [0.05, 0.1) is 12.3 Å². The molecule has 0 amide bonds. The van der Waals surface area contributed by atoms with Gasteiger partial charge in [0, 0.05) is 23.9 Å². The number of carbonyl (C=O) groups is 1. The van der Waals surface area contributed by atoms with Crippen LogP contribution in [-0.2, 0) is 24.1 Å². The number of carboxylic acid groups (broad SMARTS) is 1. The van der Waals surface area contributed by atoms with E-state index in [-0.39, 0.29) is 0 Å². The molecule has 2 aromatic carbocycles. The molecule has 0 spiro atoms. The maximum absolute atomic E-state index is 12.1. The molecule has 0 aliphatic carbocycles. The summed E-state index contributed by atoms with van der Waals surface area (Å²) in [7, 11) is 0. The molecule has 1 unspecified atom stereocenters. The van der Waals surface area contributed by atoms with E-state index in [1.165, 1.54) is 0 Å². The molecule has 6 nitrogen and oxygen atoms in total. The van der Waals surface area contributed by atoms with Crippen molar-refractivity contribution in [1.29, 1.82) is 0 Å². The van der Waals surface area contributed by atoms with E-state index in [0.717, 1.165) is 54.0 Å². The third kappa shape index (κ3) is 6.54. The highest BCUT2D eigenvalue weighted by Gasteiger charge is 2.25. The van der Waals surface area contributed by atoms with Gasteiger partial charge in [-0.15, -0.1) is 0 Å². The van der Waals surface area contributed by atoms with Crippen LogP contribution in [0.3, 0.4) is 0 Å². The minimum Gasteiger partial charge on any atom is -0.493 e. The van der Waals surface area contributed by atoms with Crippen LogP contribution in [0, 0.1) is 13.8 Å². The molecule has 7 heteroatoms. The molecule has 1 N–H and O–H groups in total. The third-order valence-electron chi connectivity index (χ3n) is 5.49. The molecule has 1 aromatic heterocycles. The summed E-state index contributed by atoms with van der Waals surface area (Å²) in [5.74, 6) is 1.78. The Kier molecular flexibility index (Phi) is 8.99. The number of aliphatic carboxylic acids is 1. The van der Waals surface area contributed by atoms with Gasteiger partial charge < -0.3 is 19.0 Å². The van der Waals surface area contributed by atoms with Gasteiger partial charge in [0.25, 0.3) is 0 Å². The first-order chi connectivity index (χ1) is 16.3. The quantitative estimate of drug-likeness (QED) is 0.308. The molecule has 182 valence electrons. The number of hydrogen-bond donors (Lipinski definition) is 1. The molecule has 0 radical (unpaired) electrons. The Hall–Kier alpha value is -2.99. The summed E-state index contributed by atoms with van der Waals surface area (Å²) in [6.45, 7) is 8.37. The van der Waals surface area contributed by atoms with Gasteiger partial charge in [0.2, 0.25) is 6.10 Å². The number of aromatic nitrogens is 1. The van der Waals surface area contributed by atoms with Crippen LogP contribution in [0.1, 0.15) is 66.8 Å². The average Bonchev–Trinajstić information content (AvgIpc) is 3.11. The lowest BCUT2D eigenvalue weighted by molar-refractivity contribution is -0.145. The van der Waals surface area contributed by atoms with Crippen molar-refractivity contribution in [3.8, 4) is 11.5 Å². The number of oxazole rings is 1. The maximum Gasteiger partial charge on any atom is 0.349 e. The minimum absolute atomic E-state index is 0.465. The Morgan fingerprint density at radius 2 is 1.68 bits per heavy atom. The largest absolute Gasteiger partial charge is 0.493 e. The minimum atomic E-state index is -1.13. The predicted molar refractivity (Wildman–Crippen MR) is 132 cm³/mol. The first-order valence-electron chi connectivity index (χ1n) is 11.7. The van der Waals surface area contributed by atoms with E-state index in [4.69, 9.17) is 25.5 Å². The van der Waals surface area contributed by atoms with Crippen molar-refractivity contribution >= 4 is 17.6 Å². The molecule has 0 aliphatic heterocycles. The molecule has 34 heavy (non-hydrogen) atoms. The summed E-state index contributed by atoms with van der Waals surface area (Å²) in [6.07, 6.45) is 2.79. The zero-order valence-electron chi connectivity index (χ0n) is 20.2. The maximum atomic E-state index is 12.1. The van der Waals surface area contributed by atoms with Crippen molar-refractivity contribution in [3.05, 3.63) is 75.5 Å². The van der Waals surface area contributed by atoms with Crippen molar-refractivity contribution in [2.24, 2.45) is 0 Å². The Balaban J connectivity index is 1.88. The topological polar surface area (TPSA) is 81.8 Å². The van der Waals surface area contributed by atoms with Crippen molar-refractivity contribution in [2.75, 3.05) is 6.61 Å². The van der Waals surface area contributed by atoms with E-state index in [0.29, 0.717) is 35.3 Å². The Labute approximate surface area is 205 Å². The number of aryl methyl sites for hydroxylation is 4. The van der Waals surface area contributed by atoms with Gasteiger partial charge in [-0.1, -0.05) is 50.4 Å². The summed E-state index contributed by atoms with van der Waals surface area (Å²) in [5, 5.41) is 10.5. The molecule has 0 bridgehead atoms. The standard InChI is InChI=1S/C27H32ClNO5/c1-5-7-20-15-23(32-14-13-24-17(3)33-18(4)29-24)16-21(8-6-2)25(20)34-26(27(30)31)19-9-11-22(28)12-10-19/h9-12,15-16,26H,5-8,13-14H2,1-4H3,(H,30,31). The zero-order valence-corrected chi connectivity index (χ0v) is 20.9. The normalized spacial score (nSPS) is 11.9. The van der Waals surface area contributed by atoms with Gasteiger partial charge >= 0.3 is 5.97 Å². The lowest BCUT2D eigenvalue weighted by Gasteiger charge is -2.22. The van der Waals surface area contributed by atoms with Crippen LogP contribution in [0.2, 0.25) is 5.02 Å². The van der Waals surface area contributed by atoms with Crippen molar-refractivity contribution in [2.45, 2.75) is 65.9 Å². The number of nitrogens with zero attached hydrogens (tertiary/aromatic N) is 1.